The molecule has 0 N–H and O–H groups in total. The van der Waals surface area contributed by atoms with Crippen molar-refractivity contribution in [2.45, 2.75) is 46.0 Å². The lowest BCUT2D eigenvalue weighted by atomic mass is 9.88. The molecule has 2 aromatic rings. The molecule has 1 saturated carbocycles. The third kappa shape index (κ3) is 4.21. The van der Waals surface area contributed by atoms with Gasteiger partial charge in [0.05, 0.1) is 11.6 Å². The van der Waals surface area contributed by atoms with Crippen molar-refractivity contribution in [2.24, 2.45) is 11.8 Å². The summed E-state index contributed by atoms with van der Waals surface area (Å²) in [7, 11) is 0. The van der Waals surface area contributed by atoms with Crippen molar-refractivity contribution in [3.8, 4) is 17.4 Å². The molecule has 25 heavy (non-hydrogen) atoms. The van der Waals surface area contributed by atoms with Gasteiger partial charge in [-0.05, 0) is 30.9 Å². The first-order valence-electron chi connectivity index (χ1n) is 8.95. The Hall–Kier alpha value is -1.88. The predicted molar refractivity (Wildman–Crippen MR) is 98.0 cm³/mol. The molecule has 3 rings (SSSR count). The maximum absolute atomic E-state index is 13.0. The Balaban J connectivity index is 1.96. The lowest BCUT2D eigenvalue weighted by Gasteiger charge is -2.20. The maximum atomic E-state index is 13.0. The van der Waals surface area contributed by atoms with Gasteiger partial charge in [0.2, 0.25) is 0 Å². The van der Waals surface area contributed by atoms with Gasteiger partial charge in [0.15, 0.2) is 5.82 Å². The van der Waals surface area contributed by atoms with E-state index in [-0.39, 0.29) is 17.8 Å². The fourth-order valence-corrected chi connectivity index (χ4v) is 3.31. The first-order chi connectivity index (χ1) is 12.1. The summed E-state index contributed by atoms with van der Waals surface area (Å²) in [5, 5.41) is 4.89. The summed E-state index contributed by atoms with van der Waals surface area (Å²) in [5.74, 6) is 0.792. The van der Waals surface area contributed by atoms with Crippen molar-refractivity contribution in [3.63, 3.8) is 0 Å². The average Bonchev–Trinajstić information content (AvgIpc) is 3.04. The van der Waals surface area contributed by atoms with Crippen LogP contribution in [0.15, 0.2) is 24.3 Å². The maximum Gasteiger partial charge on any atom is 0.336 e. The number of rotatable bonds is 5. The van der Waals surface area contributed by atoms with Crippen LogP contribution in [-0.4, -0.2) is 27.3 Å². The molecule has 1 aliphatic rings. The minimum atomic E-state index is -0.0125. The van der Waals surface area contributed by atoms with Gasteiger partial charge in [0.1, 0.15) is 0 Å². The topological polar surface area (TPSA) is 57.0 Å². The molecule has 5 nitrogen and oxygen atoms in total. The Bertz CT molecular complexity index is 736. The highest BCUT2D eigenvalue weighted by Crippen LogP contribution is 2.30. The van der Waals surface area contributed by atoms with Gasteiger partial charge in [-0.25, -0.2) is 0 Å². The van der Waals surface area contributed by atoms with Crippen LogP contribution in [0.1, 0.15) is 50.7 Å². The number of halogens is 1. The van der Waals surface area contributed by atoms with Crippen LogP contribution in [0.3, 0.4) is 0 Å². The second-order valence-corrected chi connectivity index (χ2v) is 7.39. The molecule has 1 aromatic carbocycles. The molecular weight excluding hydrogens is 338 g/mol. The van der Waals surface area contributed by atoms with Gasteiger partial charge < -0.3 is 4.74 Å². The molecule has 1 fully saturated rings. The van der Waals surface area contributed by atoms with Crippen molar-refractivity contribution in [3.05, 3.63) is 29.3 Å². The summed E-state index contributed by atoms with van der Waals surface area (Å²) in [5.41, 5.74) is 0.695. The Kier molecular flexibility index (Phi) is 5.74. The van der Waals surface area contributed by atoms with Gasteiger partial charge in [-0.2, -0.15) is 9.67 Å². The van der Waals surface area contributed by atoms with Gasteiger partial charge in [0.25, 0.3) is 5.91 Å². The summed E-state index contributed by atoms with van der Waals surface area (Å²) in [6.07, 6.45) is 5.18. The van der Waals surface area contributed by atoms with Crippen LogP contribution in [0.5, 0.6) is 6.01 Å². The Labute approximate surface area is 153 Å². The first-order valence-corrected chi connectivity index (χ1v) is 9.33. The number of hydrogen-bond acceptors (Lipinski definition) is 4. The van der Waals surface area contributed by atoms with Crippen molar-refractivity contribution in [1.82, 2.24) is 14.8 Å². The van der Waals surface area contributed by atoms with Crippen LogP contribution in [0.25, 0.3) is 11.4 Å². The number of benzene rings is 1. The third-order valence-corrected chi connectivity index (χ3v) is 4.74. The van der Waals surface area contributed by atoms with E-state index in [1.54, 1.807) is 6.07 Å². The fraction of sp³-hybridized carbons (Fsp3) is 0.526. The summed E-state index contributed by atoms with van der Waals surface area (Å²) in [4.78, 5) is 17.5. The SMILES string of the molecule is CC(C)COc1nc(-c2ccccc2Cl)n(C(=O)C2CCCCC2)n1. The average molecular weight is 362 g/mol. The van der Waals surface area contributed by atoms with Crippen LogP contribution >= 0.6 is 11.6 Å². The van der Waals surface area contributed by atoms with E-state index in [4.69, 9.17) is 16.3 Å². The van der Waals surface area contributed by atoms with E-state index < -0.39 is 0 Å². The molecule has 0 amide bonds. The minimum Gasteiger partial charge on any atom is -0.462 e. The second-order valence-electron chi connectivity index (χ2n) is 6.99. The molecule has 0 unspecified atom stereocenters. The molecular formula is C19H24ClN3O2. The largest absolute Gasteiger partial charge is 0.462 e. The number of carbonyl (C=O) groups excluding carboxylic acids is 1. The molecule has 0 aliphatic heterocycles. The van der Waals surface area contributed by atoms with Gasteiger partial charge in [-0.15, -0.1) is 5.10 Å². The molecule has 0 atom stereocenters. The highest BCUT2D eigenvalue weighted by molar-refractivity contribution is 6.33. The van der Waals surface area contributed by atoms with Crippen LogP contribution in [0.4, 0.5) is 0 Å². The second kappa shape index (κ2) is 8.00. The van der Waals surface area contributed by atoms with Crippen molar-refractivity contribution >= 4 is 17.5 Å². The Morgan fingerprint density at radius 3 is 2.68 bits per heavy atom. The van der Waals surface area contributed by atoms with Gasteiger partial charge in [0, 0.05) is 11.5 Å². The number of nitrogens with zero attached hydrogens (tertiary/aromatic N) is 3. The fourth-order valence-electron chi connectivity index (χ4n) is 3.09. The zero-order valence-electron chi connectivity index (χ0n) is 14.7. The standard InChI is InChI=1S/C19H24ClN3O2/c1-13(2)12-25-19-21-17(15-10-6-7-11-16(15)20)23(22-19)18(24)14-8-4-3-5-9-14/h6-7,10-11,13-14H,3-5,8-9,12H2,1-2H3. The summed E-state index contributed by atoms with van der Waals surface area (Å²) in [6, 6.07) is 7.60. The summed E-state index contributed by atoms with van der Waals surface area (Å²) in [6.45, 7) is 4.61. The number of hydrogen-bond donors (Lipinski definition) is 0. The van der Waals surface area contributed by atoms with Crippen molar-refractivity contribution in [2.75, 3.05) is 6.61 Å². The van der Waals surface area contributed by atoms with E-state index in [1.807, 2.05) is 18.2 Å². The van der Waals surface area contributed by atoms with Crippen LogP contribution in [0.2, 0.25) is 5.02 Å². The zero-order valence-corrected chi connectivity index (χ0v) is 15.5. The van der Waals surface area contributed by atoms with Crippen LogP contribution < -0.4 is 4.74 Å². The normalized spacial score (nSPS) is 15.5. The zero-order chi connectivity index (χ0) is 17.8. The third-order valence-electron chi connectivity index (χ3n) is 4.41. The van der Waals surface area contributed by atoms with Gasteiger partial charge >= 0.3 is 6.01 Å². The molecule has 134 valence electrons. The quantitative estimate of drug-likeness (QED) is 0.763. The van der Waals surface area contributed by atoms with E-state index >= 15 is 0 Å². The molecule has 1 aliphatic carbocycles. The lowest BCUT2D eigenvalue weighted by molar-refractivity contribution is 0.0784. The lowest BCUT2D eigenvalue weighted by Crippen LogP contribution is -2.25. The summed E-state index contributed by atoms with van der Waals surface area (Å²) >= 11 is 6.32. The van der Waals surface area contributed by atoms with E-state index in [0.717, 1.165) is 25.7 Å². The van der Waals surface area contributed by atoms with E-state index in [9.17, 15) is 4.79 Å². The molecule has 0 radical (unpaired) electrons. The molecule has 1 aromatic heterocycles. The van der Waals surface area contributed by atoms with E-state index in [1.165, 1.54) is 11.1 Å². The van der Waals surface area contributed by atoms with Crippen LogP contribution in [0, 0.1) is 11.8 Å². The Morgan fingerprint density at radius 2 is 2.00 bits per heavy atom. The molecule has 6 heteroatoms. The van der Waals surface area contributed by atoms with Crippen molar-refractivity contribution in [1.29, 1.82) is 0 Å². The minimum absolute atomic E-state index is 0.00497. The molecule has 0 spiro atoms. The molecule has 0 bridgehead atoms. The van der Waals surface area contributed by atoms with Gasteiger partial charge in [-0.3, -0.25) is 4.79 Å². The molecule has 0 saturated heterocycles. The van der Waals surface area contributed by atoms with Crippen molar-refractivity contribution < 1.29 is 9.53 Å². The number of carbonyl (C=O) groups is 1. The number of ether oxygens (including phenoxy) is 1. The monoisotopic (exact) mass is 361 g/mol. The number of aromatic nitrogens is 3. The molecule has 1 heterocycles. The smallest absolute Gasteiger partial charge is 0.336 e. The van der Waals surface area contributed by atoms with E-state index in [2.05, 4.69) is 23.9 Å². The van der Waals surface area contributed by atoms with E-state index in [0.29, 0.717) is 28.9 Å². The highest BCUT2D eigenvalue weighted by atomic mass is 35.5. The Morgan fingerprint density at radius 1 is 1.28 bits per heavy atom. The van der Waals surface area contributed by atoms with Crippen LogP contribution in [-0.2, 0) is 0 Å². The first kappa shape index (κ1) is 17.9. The predicted octanol–water partition coefficient (Wildman–Crippen LogP) is 4.85. The summed E-state index contributed by atoms with van der Waals surface area (Å²) < 4.78 is 7.04. The van der Waals surface area contributed by atoms with Gasteiger partial charge in [-0.1, -0.05) is 56.8 Å². The highest BCUT2D eigenvalue weighted by Gasteiger charge is 2.27.